The van der Waals surface area contributed by atoms with Crippen molar-refractivity contribution in [1.29, 1.82) is 0 Å². The molecule has 0 spiro atoms. The highest BCUT2D eigenvalue weighted by Crippen LogP contribution is 2.39. The Labute approximate surface area is 115 Å². The van der Waals surface area contributed by atoms with Crippen LogP contribution in [0.3, 0.4) is 0 Å². The van der Waals surface area contributed by atoms with Gasteiger partial charge in [-0.1, -0.05) is 34.6 Å². The minimum absolute atomic E-state index is 0.424. The van der Waals surface area contributed by atoms with Crippen LogP contribution in [-0.2, 0) is 12.8 Å². The number of aryl methyl sites for hydroxylation is 1. The number of fused-ring (bicyclic) bond motifs is 1. The highest BCUT2D eigenvalue weighted by Gasteiger charge is 2.30. The van der Waals surface area contributed by atoms with Crippen molar-refractivity contribution in [3.63, 3.8) is 0 Å². The molecule has 1 aliphatic rings. The maximum Gasteiger partial charge on any atom is 0.183 e. The van der Waals surface area contributed by atoms with Crippen LogP contribution in [0.2, 0.25) is 0 Å². The molecule has 1 atom stereocenters. The highest BCUT2D eigenvalue weighted by molar-refractivity contribution is 7.15. The lowest BCUT2D eigenvalue weighted by molar-refractivity contribution is 0.217. The normalized spacial score (nSPS) is 20.0. The van der Waals surface area contributed by atoms with E-state index in [9.17, 15) is 0 Å². The highest BCUT2D eigenvalue weighted by atomic mass is 32.1. The molecule has 0 saturated heterocycles. The molecule has 102 valence electrons. The van der Waals surface area contributed by atoms with E-state index in [4.69, 9.17) is 4.98 Å². The number of hydrogen-bond donors (Lipinski definition) is 1. The molecule has 1 aromatic rings. The summed E-state index contributed by atoms with van der Waals surface area (Å²) in [5.74, 6) is 1.48. The Hall–Kier alpha value is -0.570. The third-order valence-electron chi connectivity index (χ3n) is 3.83. The molecule has 1 N–H and O–H groups in total. The van der Waals surface area contributed by atoms with Crippen LogP contribution in [0.5, 0.6) is 0 Å². The molecule has 3 heteroatoms. The topological polar surface area (TPSA) is 24.9 Å². The Kier molecular flexibility index (Phi) is 4.00. The summed E-state index contributed by atoms with van der Waals surface area (Å²) in [6, 6.07) is 0. The summed E-state index contributed by atoms with van der Waals surface area (Å²) >= 11 is 1.87. The number of nitrogens with one attached hydrogen (secondary N) is 1. The zero-order valence-electron chi connectivity index (χ0n) is 12.3. The Morgan fingerprint density at radius 3 is 2.72 bits per heavy atom. The van der Waals surface area contributed by atoms with Gasteiger partial charge in [0.25, 0.3) is 0 Å². The molecular formula is C15H26N2S. The van der Waals surface area contributed by atoms with Gasteiger partial charge >= 0.3 is 0 Å². The first-order valence-corrected chi connectivity index (χ1v) is 7.90. The largest absolute Gasteiger partial charge is 0.361 e. The van der Waals surface area contributed by atoms with Crippen molar-refractivity contribution >= 4 is 16.5 Å². The van der Waals surface area contributed by atoms with E-state index in [-0.39, 0.29) is 0 Å². The zero-order chi connectivity index (χ0) is 13.3. The van der Waals surface area contributed by atoms with E-state index in [1.807, 2.05) is 11.3 Å². The summed E-state index contributed by atoms with van der Waals surface area (Å²) in [7, 11) is 0. The van der Waals surface area contributed by atoms with Gasteiger partial charge in [0.1, 0.15) is 0 Å². The number of rotatable bonds is 3. The van der Waals surface area contributed by atoms with Crippen LogP contribution in [0.4, 0.5) is 5.13 Å². The van der Waals surface area contributed by atoms with Gasteiger partial charge in [0, 0.05) is 11.4 Å². The van der Waals surface area contributed by atoms with Gasteiger partial charge in [0.15, 0.2) is 5.13 Å². The van der Waals surface area contributed by atoms with Gasteiger partial charge in [-0.15, -0.1) is 11.3 Å². The maximum atomic E-state index is 4.75. The summed E-state index contributed by atoms with van der Waals surface area (Å²) in [6.45, 7) is 12.6. The van der Waals surface area contributed by atoms with E-state index in [2.05, 4.69) is 39.9 Å². The molecule has 0 bridgehead atoms. The summed E-state index contributed by atoms with van der Waals surface area (Å²) in [6.07, 6.45) is 3.68. The van der Waals surface area contributed by atoms with Crippen LogP contribution in [0.25, 0.3) is 0 Å². The lowest BCUT2D eigenvalue weighted by Crippen LogP contribution is -2.26. The lowest BCUT2D eigenvalue weighted by atomic mass is 9.73. The van der Waals surface area contributed by atoms with Gasteiger partial charge in [-0.25, -0.2) is 4.98 Å². The second-order valence-corrected chi connectivity index (χ2v) is 8.05. The average Bonchev–Trinajstić information content (AvgIpc) is 2.66. The molecule has 1 unspecified atom stereocenters. The molecule has 0 amide bonds. The predicted octanol–water partition coefficient (Wildman–Crippen LogP) is 4.36. The first-order chi connectivity index (χ1) is 8.36. The summed E-state index contributed by atoms with van der Waals surface area (Å²) in [4.78, 5) is 6.27. The predicted molar refractivity (Wildman–Crippen MR) is 80.4 cm³/mol. The first-order valence-electron chi connectivity index (χ1n) is 7.08. The molecule has 0 aliphatic heterocycles. The molecule has 0 fully saturated rings. The van der Waals surface area contributed by atoms with Gasteiger partial charge in [-0.2, -0.15) is 0 Å². The SMILES string of the molecule is CC(C)CNc1nc2c(s1)CC(C(C)(C)C)CC2. The van der Waals surface area contributed by atoms with Gasteiger partial charge in [-0.3, -0.25) is 0 Å². The molecule has 0 radical (unpaired) electrons. The Balaban J connectivity index is 2.05. The Morgan fingerprint density at radius 2 is 2.11 bits per heavy atom. The van der Waals surface area contributed by atoms with Crippen molar-refractivity contribution in [2.75, 3.05) is 11.9 Å². The maximum absolute atomic E-state index is 4.75. The molecule has 18 heavy (non-hydrogen) atoms. The van der Waals surface area contributed by atoms with Crippen molar-refractivity contribution in [2.45, 2.75) is 53.9 Å². The van der Waals surface area contributed by atoms with Crippen molar-refractivity contribution in [3.05, 3.63) is 10.6 Å². The Morgan fingerprint density at radius 1 is 1.39 bits per heavy atom. The van der Waals surface area contributed by atoms with Gasteiger partial charge in [0.2, 0.25) is 0 Å². The van der Waals surface area contributed by atoms with Gasteiger partial charge in [-0.05, 0) is 36.5 Å². The van der Waals surface area contributed by atoms with E-state index in [0.717, 1.165) is 24.0 Å². The van der Waals surface area contributed by atoms with Crippen molar-refractivity contribution < 1.29 is 0 Å². The van der Waals surface area contributed by atoms with Crippen LogP contribution in [0, 0.1) is 17.3 Å². The molecule has 2 nitrogen and oxygen atoms in total. The molecule has 1 aliphatic carbocycles. The summed E-state index contributed by atoms with van der Waals surface area (Å²) < 4.78 is 0. The number of hydrogen-bond acceptors (Lipinski definition) is 3. The second-order valence-electron chi connectivity index (χ2n) is 6.97. The third kappa shape index (κ3) is 3.25. The fourth-order valence-corrected chi connectivity index (χ4v) is 3.58. The molecule has 0 aromatic carbocycles. The zero-order valence-corrected chi connectivity index (χ0v) is 13.2. The fraction of sp³-hybridized carbons (Fsp3) is 0.800. The molecule has 1 heterocycles. The van der Waals surface area contributed by atoms with Crippen LogP contribution >= 0.6 is 11.3 Å². The minimum Gasteiger partial charge on any atom is -0.361 e. The fourth-order valence-electron chi connectivity index (χ4n) is 2.48. The first kappa shape index (κ1) is 13.9. The quantitative estimate of drug-likeness (QED) is 0.879. The summed E-state index contributed by atoms with van der Waals surface area (Å²) in [5, 5.41) is 4.59. The number of anilines is 1. The molecule has 1 aromatic heterocycles. The van der Waals surface area contributed by atoms with Crippen LogP contribution in [0.15, 0.2) is 0 Å². The standard InChI is InChI=1S/C15H26N2S/c1-10(2)9-16-14-17-12-7-6-11(15(3,4)5)8-13(12)18-14/h10-11H,6-9H2,1-5H3,(H,16,17). The van der Waals surface area contributed by atoms with Crippen molar-refractivity contribution in [3.8, 4) is 0 Å². The van der Waals surface area contributed by atoms with Crippen LogP contribution in [-0.4, -0.2) is 11.5 Å². The second kappa shape index (κ2) is 5.20. The third-order valence-corrected chi connectivity index (χ3v) is 4.90. The van der Waals surface area contributed by atoms with E-state index in [1.165, 1.54) is 23.4 Å². The van der Waals surface area contributed by atoms with E-state index >= 15 is 0 Å². The number of aromatic nitrogens is 1. The van der Waals surface area contributed by atoms with E-state index in [1.54, 1.807) is 0 Å². The average molecular weight is 266 g/mol. The molecule has 0 saturated carbocycles. The monoisotopic (exact) mass is 266 g/mol. The lowest BCUT2D eigenvalue weighted by Gasteiger charge is -2.33. The van der Waals surface area contributed by atoms with E-state index < -0.39 is 0 Å². The van der Waals surface area contributed by atoms with Crippen LogP contribution < -0.4 is 5.32 Å². The van der Waals surface area contributed by atoms with Gasteiger partial charge < -0.3 is 5.32 Å². The number of nitrogens with zero attached hydrogens (tertiary/aromatic N) is 1. The summed E-state index contributed by atoms with van der Waals surface area (Å²) in [5.41, 5.74) is 1.78. The number of thiazole rings is 1. The smallest absolute Gasteiger partial charge is 0.183 e. The van der Waals surface area contributed by atoms with Gasteiger partial charge in [0.05, 0.1) is 5.69 Å². The van der Waals surface area contributed by atoms with E-state index in [0.29, 0.717) is 11.3 Å². The minimum atomic E-state index is 0.424. The molecular weight excluding hydrogens is 240 g/mol. The van der Waals surface area contributed by atoms with Crippen molar-refractivity contribution in [1.82, 2.24) is 4.98 Å². The Bertz CT molecular complexity index is 401. The van der Waals surface area contributed by atoms with Crippen molar-refractivity contribution in [2.24, 2.45) is 17.3 Å². The molecule has 2 rings (SSSR count). The van der Waals surface area contributed by atoms with Crippen LogP contribution in [0.1, 0.15) is 51.6 Å².